The van der Waals surface area contributed by atoms with Crippen LogP contribution in [-0.4, -0.2) is 49.7 Å². The molecule has 1 saturated heterocycles. The average molecular weight is 347 g/mol. The van der Waals surface area contributed by atoms with Gasteiger partial charge in [0.1, 0.15) is 0 Å². The summed E-state index contributed by atoms with van der Waals surface area (Å²) >= 11 is 0. The van der Waals surface area contributed by atoms with E-state index in [-0.39, 0.29) is 62.0 Å². The van der Waals surface area contributed by atoms with E-state index in [4.69, 9.17) is 9.47 Å². The van der Waals surface area contributed by atoms with Gasteiger partial charge in [0.2, 0.25) is 0 Å². The molecule has 5 nitrogen and oxygen atoms in total. The molecule has 1 rings (SSSR count). The molecule has 0 saturated carbocycles. The van der Waals surface area contributed by atoms with Crippen LogP contribution in [0.4, 0.5) is 0 Å². The van der Waals surface area contributed by atoms with Crippen LogP contribution in [0, 0.1) is 5.92 Å². The summed E-state index contributed by atoms with van der Waals surface area (Å²) < 4.78 is 9.94. The standard InChI is InChI=1S/C16H29NO4.2Na.2H/c1-3-20-15(18)14(16(19)21-4-2)10-6-9-13-17-11-7-5-8-12-17;;;;/h14H,3-13H2,1-2H3;;;;/q;2*+1;2*-1. The van der Waals surface area contributed by atoms with Crippen molar-refractivity contribution in [3.05, 3.63) is 0 Å². The van der Waals surface area contributed by atoms with E-state index < -0.39 is 17.9 Å². The Morgan fingerprint density at radius 3 is 1.96 bits per heavy atom. The zero-order valence-electron chi connectivity index (χ0n) is 17.4. The van der Waals surface area contributed by atoms with E-state index in [1.807, 2.05) is 0 Å². The monoisotopic (exact) mass is 347 g/mol. The molecule has 0 aromatic carbocycles. The van der Waals surface area contributed by atoms with E-state index in [1.165, 1.54) is 32.4 Å². The van der Waals surface area contributed by atoms with Crippen molar-refractivity contribution in [2.75, 3.05) is 32.8 Å². The third kappa shape index (κ3) is 11.2. The van der Waals surface area contributed by atoms with Gasteiger partial charge in [0, 0.05) is 0 Å². The van der Waals surface area contributed by atoms with E-state index in [2.05, 4.69) is 4.90 Å². The molecule has 0 aromatic heterocycles. The van der Waals surface area contributed by atoms with Crippen molar-refractivity contribution < 1.29 is 81.0 Å². The summed E-state index contributed by atoms with van der Waals surface area (Å²) in [7, 11) is 0. The fourth-order valence-electron chi connectivity index (χ4n) is 2.68. The number of likely N-dealkylation sites (tertiary alicyclic amines) is 1. The Kier molecular flexibility index (Phi) is 18.6. The van der Waals surface area contributed by atoms with Crippen LogP contribution in [0.2, 0.25) is 0 Å². The summed E-state index contributed by atoms with van der Waals surface area (Å²) in [6.07, 6.45) is 6.28. The van der Waals surface area contributed by atoms with Gasteiger partial charge < -0.3 is 17.2 Å². The van der Waals surface area contributed by atoms with Crippen molar-refractivity contribution in [2.45, 2.75) is 52.4 Å². The van der Waals surface area contributed by atoms with Crippen LogP contribution in [0.25, 0.3) is 0 Å². The predicted molar refractivity (Wildman–Crippen MR) is 83.1 cm³/mol. The number of carbonyl (C=O) groups excluding carboxylic acids is 2. The number of unbranched alkanes of at least 4 members (excludes halogenated alkanes) is 1. The molecule has 1 aliphatic heterocycles. The number of hydrogen-bond acceptors (Lipinski definition) is 5. The first kappa shape index (κ1) is 26.1. The molecule has 7 heteroatoms. The summed E-state index contributed by atoms with van der Waals surface area (Å²) in [5.74, 6) is -1.66. The second-order valence-electron chi connectivity index (χ2n) is 5.45. The summed E-state index contributed by atoms with van der Waals surface area (Å²) in [6, 6.07) is 0. The average Bonchev–Trinajstić information content (AvgIpc) is 2.48. The number of carbonyl (C=O) groups is 2. The molecule has 1 aliphatic rings. The molecule has 0 amide bonds. The second kappa shape index (κ2) is 16.4. The second-order valence-corrected chi connectivity index (χ2v) is 5.45. The van der Waals surface area contributed by atoms with Gasteiger partial charge in [-0.2, -0.15) is 0 Å². The van der Waals surface area contributed by atoms with E-state index in [0.717, 1.165) is 19.4 Å². The molecule has 0 aliphatic carbocycles. The molecular weight excluding hydrogens is 316 g/mol. The molecule has 126 valence electrons. The molecule has 23 heavy (non-hydrogen) atoms. The van der Waals surface area contributed by atoms with E-state index >= 15 is 0 Å². The Morgan fingerprint density at radius 1 is 0.957 bits per heavy atom. The molecule has 0 radical (unpaired) electrons. The zero-order valence-corrected chi connectivity index (χ0v) is 19.4. The minimum atomic E-state index is -0.758. The summed E-state index contributed by atoms with van der Waals surface area (Å²) in [5, 5.41) is 0. The quantitative estimate of drug-likeness (QED) is 0.189. The molecule has 0 N–H and O–H groups in total. The third-order valence-corrected chi connectivity index (χ3v) is 3.81. The predicted octanol–water partition coefficient (Wildman–Crippen LogP) is -3.38. The summed E-state index contributed by atoms with van der Waals surface area (Å²) in [5.41, 5.74) is 0. The maximum atomic E-state index is 11.8. The zero-order chi connectivity index (χ0) is 15.5. The number of nitrogens with zero attached hydrogens (tertiary/aromatic N) is 1. The maximum Gasteiger partial charge on any atom is 1.00 e. The van der Waals surface area contributed by atoms with Gasteiger partial charge in [-0.1, -0.05) is 12.8 Å². The van der Waals surface area contributed by atoms with Gasteiger partial charge in [0.25, 0.3) is 0 Å². The maximum absolute atomic E-state index is 11.8. The number of esters is 2. The van der Waals surface area contributed by atoms with Gasteiger partial charge in [-0.3, -0.25) is 9.59 Å². The fraction of sp³-hybridized carbons (Fsp3) is 0.875. The van der Waals surface area contributed by atoms with Gasteiger partial charge in [0.15, 0.2) is 5.92 Å². The Labute approximate surface area is 187 Å². The van der Waals surface area contributed by atoms with E-state index in [9.17, 15) is 9.59 Å². The SMILES string of the molecule is CCOC(=O)C(CCCCN1CCCCC1)C(=O)OCC.[H-].[H-].[Na+].[Na+]. The number of ether oxygens (including phenoxy) is 2. The number of hydrogen-bond donors (Lipinski definition) is 0. The van der Waals surface area contributed by atoms with Crippen LogP contribution in [0.5, 0.6) is 0 Å². The summed E-state index contributed by atoms with van der Waals surface area (Å²) in [4.78, 5) is 26.1. The Balaban J connectivity index is -0.000000551. The van der Waals surface area contributed by atoms with Crippen LogP contribution >= 0.6 is 0 Å². The van der Waals surface area contributed by atoms with Crippen LogP contribution in [0.15, 0.2) is 0 Å². The fourth-order valence-corrected chi connectivity index (χ4v) is 2.68. The van der Waals surface area contributed by atoms with Crippen LogP contribution in [-0.2, 0) is 19.1 Å². The van der Waals surface area contributed by atoms with E-state index in [1.54, 1.807) is 13.8 Å². The Morgan fingerprint density at radius 2 is 1.48 bits per heavy atom. The van der Waals surface area contributed by atoms with Crippen molar-refractivity contribution in [1.29, 1.82) is 0 Å². The van der Waals surface area contributed by atoms with Crippen molar-refractivity contribution >= 4 is 11.9 Å². The van der Waals surface area contributed by atoms with Crippen LogP contribution in [0.3, 0.4) is 0 Å². The Bertz CT molecular complexity index is 315. The van der Waals surface area contributed by atoms with Crippen molar-refractivity contribution in [3.63, 3.8) is 0 Å². The number of piperidine rings is 1. The minimum absolute atomic E-state index is 0. The van der Waals surface area contributed by atoms with Crippen LogP contribution < -0.4 is 59.1 Å². The molecule has 1 fully saturated rings. The molecule has 1 heterocycles. The first-order valence-corrected chi connectivity index (χ1v) is 8.24. The first-order valence-electron chi connectivity index (χ1n) is 8.24. The molecule has 0 atom stereocenters. The number of rotatable bonds is 9. The molecule has 0 unspecified atom stereocenters. The Hall–Kier alpha value is 0.900. The van der Waals surface area contributed by atoms with Crippen molar-refractivity contribution in [1.82, 2.24) is 4.90 Å². The first-order chi connectivity index (χ1) is 10.2. The smallest absolute Gasteiger partial charge is 1.00 e. The van der Waals surface area contributed by atoms with Gasteiger partial charge in [-0.05, 0) is 59.2 Å². The normalized spacial score (nSPS) is 14.6. The molecule has 0 spiro atoms. The minimum Gasteiger partial charge on any atom is -1.00 e. The molecule has 0 bridgehead atoms. The van der Waals surface area contributed by atoms with Gasteiger partial charge >= 0.3 is 71.1 Å². The largest absolute Gasteiger partial charge is 1.00 e. The van der Waals surface area contributed by atoms with Crippen LogP contribution in [0.1, 0.15) is 55.2 Å². The summed E-state index contributed by atoms with van der Waals surface area (Å²) in [6.45, 7) is 7.49. The van der Waals surface area contributed by atoms with Gasteiger partial charge in [-0.25, -0.2) is 0 Å². The molecule has 0 aromatic rings. The molecular formula is C16H31NNa2O4. The van der Waals surface area contributed by atoms with Gasteiger partial charge in [0.05, 0.1) is 13.2 Å². The van der Waals surface area contributed by atoms with Gasteiger partial charge in [-0.15, -0.1) is 0 Å². The third-order valence-electron chi connectivity index (χ3n) is 3.81. The van der Waals surface area contributed by atoms with Crippen molar-refractivity contribution in [3.8, 4) is 0 Å². The van der Waals surface area contributed by atoms with Crippen molar-refractivity contribution in [2.24, 2.45) is 5.92 Å². The van der Waals surface area contributed by atoms with E-state index in [0.29, 0.717) is 19.6 Å². The topological polar surface area (TPSA) is 55.8 Å².